The van der Waals surface area contributed by atoms with Crippen LogP contribution in [0, 0.1) is 0 Å². The lowest BCUT2D eigenvalue weighted by Crippen LogP contribution is -2.03. The molecule has 0 amide bonds. The zero-order valence-electron chi connectivity index (χ0n) is 5.74. The number of rotatable bonds is 1. The Hall–Kier alpha value is -1.16. The van der Waals surface area contributed by atoms with Crippen molar-refractivity contribution in [3.05, 3.63) is 23.2 Å². The summed E-state index contributed by atoms with van der Waals surface area (Å²) in [5.74, 6) is -0.532. The molecule has 5 heteroatoms. The van der Waals surface area contributed by atoms with E-state index < -0.39 is 5.97 Å². The number of aromatic nitrogens is 2. The van der Waals surface area contributed by atoms with Gasteiger partial charge >= 0.3 is 5.97 Å². The van der Waals surface area contributed by atoms with E-state index >= 15 is 0 Å². The Morgan fingerprint density at radius 1 is 1.73 bits per heavy atom. The predicted molar refractivity (Wildman–Crippen MR) is 38.4 cm³/mol. The minimum absolute atomic E-state index is 0.104. The van der Waals surface area contributed by atoms with Gasteiger partial charge in [0.2, 0.25) is 0 Å². The summed E-state index contributed by atoms with van der Waals surface area (Å²) in [6, 6.07) is 0. The Bertz CT molecular complexity index is 277. The average Bonchev–Trinajstić information content (AvgIpc) is 2.04. The van der Waals surface area contributed by atoms with Crippen LogP contribution >= 0.6 is 11.6 Å². The van der Waals surface area contributed by atoms with E-state index in [2.05, 4.69) is 14.7 Å². The molecule has 0 aromatic carbocycles. The van der Waals surface area contributed by atoms with Crippen molar-refractivity contribution in [2.45, 2.75) is 0 Å². The molecule has 0 spiro atoms. The summed E-state index contributed by atoms with van der Waals surface area (Å²) in [5.41, 5.74) is 0.177. The number of esters is 1. The summed E-state index contributed by atoms with van der Waals surface area (Å²) >= 11 is 5.55. The highest BCUT2D eigenvalue weighted by Crippen LogP contribution is 2.10. The van der Waals surface area contributed by atoms with Crippen molar-refractivity contribution in [1.82, 2.24) is 9.97 Å². The van der Waals surface area contributed by atoms with Crippen molar-refractivity contribution >= 4 is 17.6 Å². The van der Waals surface area contributed by atoms with Gasteiger partial charge in [-0.3, -0.25) is 0 Å². The van der Waals surface area contributed by atoms with E-state index in [1.54, 1.807) is 0 Å². The van der Waals surface area contributed by atoms with Gasteiger partial charge in [-0.15, -0.1) is 0 Å². The molecule has 0 saturated heterocycles. The molecule has 1 aromatic rings. The fourth-order valence-electron chi connectivity index (χ4n) is 0.562. The number of methoxy groups -OCH3 is 1. The zero-order chi connectivity index (χ0) is 8.27. The number of nitrogens with zero attached hydrogens (tertiary/aromatic N) is 2. The highest BCUT2D eigenvalue weighted by Gasteiger charge is 2.10. The van der Waals surface area contributed by atoms with Gasteiger partial charge in [-0.2, -0.15) is 0 Å². The summed E-state index contributed by atoms with van der Waals surface area (Å²) in [6.07, 6.45) is 2.57. The number of hydrogen-bond acceptors (Lipinski definition) is 4. The minimum Gasteiger partial charge on any atom is -0.465 e. The highest BCUT2D eigenvalue weighted by molar-refractivity contribution is 6.32. The monoisotopic (exact) mass is 172 g/mol. The first kappa shape index (κ1) is 7.94. The third-order valence-electron chi connectivity index (χ3n) is 1.07. The maximum Gasteiger partial charge on any atom is 0.342 e. The first-order valence-corrected chi connectivity index (χ1v) is 3.17. The summed E-state index contributed by atoms with van der Waals surface area (Å²) < 4.78 is 4.41. The van der Waals surface area contributed by atoms with Gasteiger partial charge in [0.05, 0.1) is 7.11 Å². The van der Waals surface area contributed by atoms with Crippen molar-refractivity contribution < 1.29 is 9.53 Å². The molecular weight excluding hydrogens is 168 g/mol. The van der Waals surface area contributed by atoms with Crippen molar-refractivity contribution in [3.8, 4) is 0 Å². The molecule has 0 N–H and O–H groups in total. The van der Waals surface area contributed by atoms with E-state index in [0.717, 1.165) is 0 Å². The fourth-order valence-corrected chi connectivity index (χ4v) is 0.731. The second-order valence-electron chi connectivity index (χ2n) is 1.72. The molecule has 0 bridgehead atoms. The van der Waals surface area contributed by atoms with E-state index in [-0.39, 0.29) is 10.7 Å². The predicted octanol–water partition coefficient (Wildman–Crippen LogP) is 0.917. The second-order valence-corrected chi connectivity index (χ2v) is 2.08. The van der Waals surface area contributed by atoms with Crippen LogP contribution in [0.4, 0.5) is 0 Å². The van der Waals surface area contributed by atoms with Crippen LogP contribution in [-0.4, -0.2) is 23.0 Å². The molecule has 0 atom stereocenters. The molecule has 11 heavy (non-hydrogen) atoms. The fraction of sp³-hybridized carbons (Fsp3) is 0.167. The Labute approximate surface area is 68.2 Å². The summed E-state index contributed by atoms with van der Waals surface area (Å²) in [7, 11) is 1.27. The molecule has 0 unspecified atom stereocenters. The molecule has 0 saturated carbocycles. The molecular formula is C6H5ClN2O2. The molecule has 1 rings (SSSR count). The summed E-state index contributed by atoms with van der Waals surface area (Å²) in [4.78, 5) is 18.1. The number of ether oxygens (including phenoxy) is 1. The molecule has 1 aromatic heterocycles. The minimum atomic E-state index is -0.532. The van der Waals surface area contributed by atoms with Gasteiger partial charge in [0.15, 0.2) is 0 Å². The Kier molecular flexibility index (Phi) is 2.38. The molecule has 1 heterocycles. The first-order chi connectivity index (χ1) is 5.25. The molecule has 0 fully saturated rings. The van der Waals surface area contributed by atoms with Gasteiger partial charge in [-0.1, -0.05) is 11.6 Å². The van der Waals surface area contributed by atoms with Gasteiger partial charge in [0.1, 0.15) is 17.0 Å². The summed E-state index contributed by atoms with van der Waals surface area (Å²) in [5, 5.41) is 0.104. The van der Waals surface area contributed by atoms with Crippen molar-refractivity contribution in [1.29, 1.82) is 0 Å². The molecule has 58 valence electrons. The quantitative estimate of drug-likeness (QED) is 0.467. The maximum atomic E-state index is 10.8. The first-order valence-electron chi connectivity index (χ1n) is 2.79. The van der Waals surface area contributed by atoms with Gasteiger partial charge in [-0.25, -0.2) is 14.8 Å². The van der Waals surface area contributed by atoms with Crippen molar-refractivity contribution in [2.24, 2.45) is 0 Å². The Morgan fingerprint density at radius 3 is 3.00 bits per heavy atom. The summed E-state index contributed by atoms with van der Waals surface area (Å²) in [6.45, 7) is 0. The number of carbonyl (C=O) groups is 1. The normalized spacial score (nSPS) is 9.27. The van der Waals surface area contributed by atoms with Crippen LogP contribution in [0.5, 0.6) is 0 Å². The highest BCUT2D eigenvalue weighted by atomic mass is 35.5. The lowest BCUT2D eigenvalue weighted by Gasteiger charge is -1.97. The molecule has 0 aliphatic rings. The van der Waals surface area contributed by atoms with Crippen LogP contribution in [0.15, 0.2) is 12.5 Å². The maximum absolute atomic E-state index is 10.8. The molecule has 4 nitrogen and oxygen atoms in total. The average molecular weight is 173 g/mol. The van der Waals surface area contributed by atoms with E-state index in [0.29, 0.717) is 0 Å². The van der Waals surface area contributed by atoms with Gasteiger partial charge in [0.25, 0.3) is 0 Å². The van der Waals surface area contributed by atoms with Crippen molar-refractivity contribution in [2.75, 3.05) is 7.11 Å². The number of hydrogen-bond donors (Lipinski definition) is 0. The van der Waals surface area contributed by atoms with E-state index in [9.17, 15) is 4.79 Å². The topological polar surface area (TPSA) is 52.1 Å². The lowest BCUT2D eigenvalue weighted by molar-refractivity contribution is 0.0600. The van der Waals surface area contributed by atoms with E-state index in [1.807, 2.05) is 0 Å². The molecule has 0 aliphatic carbocycles. The van der Waals surface area contributed by atoms with Gasteiger partial charge in [0, 0.05) is 6.20 Å². The SMILES string of the molecule is COC(=O)c1cncnc1Cl. The van der Waals surface area contributed by atoms with Crippen LogP contribution in [0.1, 0.15) is 10.4 Å². The number of carbonyl (C=O) groups excluding carboxylic acids is 1. The van der Waals surface area contributed by atoms with E-state index in [1.165, 1.54) is 19.6 Å². The van der Waals surface area contributed by atoms with Crippen molar-refractivity contribution in [3.63, 3.8) is 0 Å². The van der Waals surface area contributed by atoms with Crippen LogP contribution in [-0.2, 0) is 4.74 Å². The Balaban J connectivity index is 3.03. The van der Waals surface area contributed by atoms with Crippen LogP contribution in [0.25, 0.3) is 0 Å². The van der Waals surface area contributed by atoms with Gasteiger partial charge < -0.3 is 4.74 Å². The van der Waals surface area contributed by atoms with Crippen LogP contribution in [0.3, 0.4) is 0 Å². The lowest BCUT2D eigenvalue weighted by atomic mass is 10.3. The standard InChI is InChI=1S/C6H5ClN2O2/c1-11-6(10)4-2-8-3-9-5(4)7/h2-3H,1H3. The zero-order valence-corrected chi connectivity index (χ0v) is 6.50. The van der Waals surface area contributed by atoms with Crippen LogP contribution in [0.2, 0.25) is 5.15 Å². The van der Waals surface area contributed by atoms with E-state index in [4.69, 9.17) is 11.6 Å². The molecule has 0 radical (unpaired) electrons. The third-order valence-corrected chi connectivity index (χ3v) is 1.37. The van der Waals surface area contributed by atoms with Crippen LogP contribution < -0.4 is 0 Å². The molecule has 0 aliphatic heterocycles. The second kappa shape index (κ2) is 3.30. The smallest absolute Gasteiger partial charge is 0.342 e. The largest absolute Gasteiger partial charge is 0.465 e. The number of halogens is 1. The third kappa shape index (κ3) is 1.65. The Morgan fingerprint density at radius 2 is 2.45 bits per heavy atom. The van der Waals surface area contributed by atoms with Gasteiger partial charge in [-0.05, 0) is 0 Å².